The zero-order valence-corrected chi connectivity index (χ0v) is 18.9. The molecule has 1 fully saturated rings. The number of carbonyl (C=O) groups is 1. The van der Waals surface area contributed by atoms with E-state index < -0.39 is 17.5 Å². The fourth-order valence-electron chi connectivity index (χ4n) is 4.43. The molecule has 0 bridgehead atoms. The largest absolute Gasteiger partial charge is 0.336 e. The number of fused-ring (bicyclic) bond motifs is 1. The molecular weight excluding hydrogens is 452 g/mol. The molecule has 2 aromatic carbocycles. The van der Waals surface area contributed by atoms with Gasteiger partial charge in [0.25, 0.3) is 11.5 Å². The van der Waals surface area contributed by atoms with Crippen LogP contribution in [0.4, 0.5) is 8.78 Å². The maximum atomic E-state index is 14.7. The molecule has 1 aliphatic heterocycles. The van der Waals surface area contributed by atoms with Gasteiger partial charge in [-0.05, 0) is 35.4 Å². The van der Waals surface area contributed by atoms with Gasteiger partial charge in [0, 0.05) is 56.9 Å². The highest BCUT2D eigenvalue weighted by Crippen LogP contribution is 2.22. The molecule has 0 saturated carbocycles. The van der Waals surface area contributed by atoms with E-state index in [1.165, 1.54) is 6.07 Å². The monoisotopic (exact) mass is 475 g/mol. The molecule has 3 heterocycles. The van der Waals surface area contributed by atoms with Gasteiger partial charge in [-0.15, -0.1) is 0 Å². The zero-order chi connectivity index (χ0) is 24.4. The summed E-state index contributed by atoms with van der Waals surface area (Å²) in [6, 6.07) is 13.3. The van der Waals surface area contributed by atoms with E-state index in [-0.39, 0.29) is 17.5 Å². The molecule has 9 heteroatoms. The van der Waals surface area contributed by atoms with Gasteiger partial charge in [-0.1, -0.05) is 24.3 Å². The number of aromatic amines is 1. The molecule has 0 spiro atoms. The van der Waals surface area contributed by atoms with Crippen molar-refractivity contribution in [1.29, 1.82) is 0 Å². The Morgan fingerprint density at radius 3 is 2.49 bits per heavy atom. The van der Waals surface area contributed by atoms with Crippen molar-refractivity contribution in [2.75, 3.05) is 26.2 Å². The Hall–Kier alpha value is -3.98. The molecule has 1 amide bonds. The second-order valence-corrected chi connectivity index (χ2v) is 8.59. The van der Waals surface area contributed by atoms with Crippen molar-refractivity contribution in [2.24, 2.45) is 0 Å². The van der Waals surface area contributed by atoms with Gasteiger partial charge in [0.2, 0.25) is 0 Å². The SMILES string of the molecule is O=C(c1cc(Cc2n[nH]c(=O)c3ccccc23)cc(F)c1F)N1CCN(Cc2cccnc2)CC1. The number of benzene rings is 2. The maximum Gasteiger partial charge on any atom is 0.272 e. The van der Waals surface area contributed by atoms with Crippen LogP contribution < -0.4 is 5.56 Å². The fourth-order valence-corrected chi connectivity index (χ4v) is 4.43. The molecule has 1 aliphatic rings. The van der Waals surface area contributed by atoms with E-state index in [0.29, 0.717) is 54.8 Å². The number of H-pyrrole nitrogens is 1. The van der Waals surface area contributed by atoms with E-state index >= 15 is 0 Å². The van der Waals surface area contributed by atoms with Gasteiger partial charge in [0.1, 0.15) is 0 Å². The van der Waals surface area contributed by atoms with E-state index in [1.807, 2.05) is 18.3 Å². The van der Waals surface area contributed by atoms with Crippen molar-refractivity contribution in [3.63, 3.8) is 0 Å². The summed E-state index contributed by atoms with van der Waals surface area (Å²) in [5, 5.41) is 7.63. The Bertz CT molecular complexity index is 1430. The number of halogens is 2. The summed E-state index contributed by atoms with van der Waals surface area (Å²) in [6.45, 7) is 2.79. The van der Waals surface area contributed by atoms with Crippen LogP contribution in [0.25, 0.3) is 10.8 Å². The van der Waals surface area contributed by atoms with Crippen LogP contribution in [0.2, 0.25) is 0 Å². The van der Waals surface area contributed by atoms with E-state index in [9.17, 15) is 18.4 Å². The summed E-state index contributed by atoms with van der Waals surface area (Å²) in [7, 11) is 0. The lowest BCUT2D eigenvalue weighted by Gasteiger charge is -2.34. The normalized spacial score (nSPS) is 14.4. The quantitative estimate of drug-likeness (QED) is 0.480. The average molecular weight is 475 g/mol. The lowest BCUT2D eigenvalue weighted by Crippen LogP contribution is -2.48. The number of nitrogens with zero attached hydrogens (tertiary/aromatic N) is 4. The average Bonchev–Trinajstić information content (AvgIpc) is 2.88. The van der Waals surface area contributed by atoms with E-state index in [2.05, 4.69) is 20.1 Å². The molecule has 0 aliphatic carbocycles. The van der Waals surface area contributed by atoms with Crippen LogP contribution in [0.15, 0.2) is 65.7 Å². The van der Waals surface area contributed by atoms with E-state index in [0.717, 1.165) is 11.6 Å². The smallest absolute Gasteiger partial charge is 0.272 e. The Balaban J connectivity index is 1.34. The Kier molecular flexibility index (Phi) is 6.33. The molecule has 7 nitrogen and oxygen atoms in total. The maximum absolute atomic E-state index is 14.7. The first kappa shape index (κ1) is 22.8. The van der Waals surface area contributed by atoms with Gasteiger partial charge in [-0.25, -0.2) is 13.9 Å². The number of hydrogen-bond acceptors (Lipinski definition) is 5. The number of amides is 1. The van der Waals surface area contributed by atoms with Gasteiger partial charge in [-0.2, -0.15) is 5.10 Å². The van der Waals surface area contributed by atoms with Crippen LogP contribution in [0.5, 0.6) is 0 Å². The van der Waals surface area contributed by atoms with Gasteiger partial charge in [-0.3, -0.25) is 19.5 Å². The van der Waals surface area contributed by atoms with Crippen molar-refractivity contribution >= 4 is 16.7 Å². The number of hydrogen-bond donors (Lipinski definition) is 1. The molecule has 178 valence electrons. The first-order valence-electron chi connectivity index (χ1n) is 11.3. The van der Waals surface area contributed by atoms with Crippen LogP contribution in [0.3, 0.4) is 0 Å². The highest BCUT2D eigenvalue weighted by Gasteiger charge is 2.26. The van der Waals surface area contributed by atoms with Crippen LogP contribution in [0.1, 0.15) is 27.2 Å². The molecule has 5 rings (SSSR count). The van der Waals surface area contributed by atoms with Crippen molar-refractivity contribution in [3.8, 4) is 0 Å². The fraction of sp³-hybridized carbons (Fsp3) is 0.231. The third-order valence-electron chi connectivity index (χ3n) is 6.25. The highest BCUT2D eigenvalue weighted by molar-refractivity contribution is 5.95. The molecule has 2 aromatic heterocycles. The van der Waals surface area contributed by atoms with Crippen molar-refractivity contribution in [3.05, 3.63) is 105 Å². The van der Waals surface area contributed by atoms with Crippen LogP contribution >= 0.6 is 0 Å². The summed E-state index contributed by atoms with van der Waals surface area (Å²) in [5.41, 5.74) is 1.36. The van der Waals surface area contributed by atoms with Gasteiger partial charge < -0.3 is 4.90 Å². The minimum atomic E-state index is -1.16. The van der Waals surface area contributed by atoms with Crippen LogP contribution in [0, 0.1) is 11.6 Å². The number of rotatable bonds is 5. The molecular formula is C26H23F2N5O2. The van der Waals surface area contributed by atoms with E-state index in [1.54, 1.807) is 35.4 Å². The number of carbonyl (C=O) groups excluding carboxylic acids is 1. The third kappa shape index (κ3) is 4.81. The predicted molar refractivity (Wildman–Crippen MR) is 127 cm³/mol. The molecule has 0 unspecified atom stereocenters. The first-order chi connectivity index (χ1) is 17.0. The Morgan fingerprint density at radius 2 is 1.74 bits per heavy atom. The van der Waals surface area contributed by atoms with Gasteiger partial charge in [0.15, 0.2) is 11.6 Å². The van der Waals surface area contributed by atoms with Crippen LogP contribution in [-0.2, 0) is 13.0 Å². The summed E-state index contributed by atoms with van der Waals surface area (Å²) in [4.78, 5) is 33.0. The van der Waals surface area contributed by atoms with Crippen molar-refractivity contribution < 1.29 is 13.6 Å². The zero-order valence-electron chi connectivity index (χ0n) is 18.9. The summed E-state index contributed by atoms with van der Waals surface area (Å²) < 4.78 is 29.2. The van der Waals surface area contributed by atoms with Crippen molar-refractivity contribution in [1.82, 2.24) is 25.0 Å². The minimum Gasteiger partial charge on any atom is -0.336 e. The molecule has 0 radical (unpaired) electrons. The summed E-state index contributed by atoms with van der Waals surface area (Å²) in [5.74, 6) is -2.78. The Morgan fingerprint density at radius 1 is 0.971 bits per heavy atom. The lowest BCUT2D eigenvalue weighted by molar-refractivity contribution is 0.0622. The van der Waals surface area contributed by atoms with Crippen LogP contribution in [-0.4, -0.2) is 57.1 Å². The summed E-state index contributed by atoms with van der Waals surface area (Å²) in [6.07, 6.45) is 3.66. The number of nitrogens with one attached hydrogen (secondary N) is 1. The second-order valence-electron chi connectivity index (χ2n) is 8.59. The number of pyridine rings is 1. The topological polar surface area (TPSA) is 82.2 Å². The minimum absolute atomic E-state index is 0.133. The van der Waals surface area contributed by atoms with E-state index in [4.69, 9.17) is 0 Å². The number of aromatic nitrogens is 3. The molecule has 0 atom stereocenters. The predicted octanol–water partition coefficient (Wildman–Crippen LogP) is 3.15. The molecule has 4 aromatic rings. The highest BCUT2D eigenvalue weighted by atomic mass is 19.2. The third-order valence-corrected chi connectivity index (χ3v) is 6.25. The standard InChI is InChI=1S/C26H23F2N5O2/c27-22-13-18(14-23-19-5-1-2-6-20(19)25(34)31-30-23)12-21(24(22)28)26(35)33-10-8-32(9-11-33)16-17-4-3-7-29-15-17/h1-7,12-13,15H,8-11,14,16H2,(H,31,34). The first-order valence-corrected chi connectivity index (χ1v) is 11.3. The van der Waals surface area contributed by atoms with Crippen molar-refractivity contribution in [2.45, 2.75) is 13.0 Å². The second kappa shape index (κ2) is 9.71. The summed E-state index contributed by atoms with van der Waals surface area (Å²) >= 11 is 0. The Labute approximate surface area is 200 Å². The van der Waals surface area contributed by atoms with Gasteiger partial charge >= 0.3 is 0 Å². The number of piperazine rings is 1. The lowest BCUT2D eigenvalue weighted by atomic mass is 10.0. The van der Waals surface area contributed by atoms with Gasteiger partial charge in [0.05, 0.1) is 16.6 Å². The molecule has 1 N–H and O–H groups in total. The molecule has 1 saturated heterocycles. The molecule has 35 heavy (non-hydrogen) atoms.